The van der Waals surface area contributed by atoms with E-state index < -0.39 is 0 Å². The van der Waals surface area contributed by atoms with Gasteiger partial charge in [-0.25, -0.2) is 0 Å². The zero-order valence-corrected chi connectivity index (χ0v) is 52.0. The number of rotatable bonds is 13. The highest BCUT2D eigenvalue weighted by Crippen LogP contribution is 2.50. The van der Waals surface area contributed by atoms with E-state index in [-0.39, 0.29) is 0 Å². The quantitative estimate of drug-likeness (QED) is 0.115. The average molecular weight is 1210 g/mol. The molecule has 0 N–H and O–H groups in total. The molecule has 0 saturated heterocycles. The second-order valence-electron chi connectivity index (χ2n) is 24.4. The van der Waals surface area contributed by atoms with Crippen LogP contribution in [0.2, 0.25) is 0 Å². The van der Waals surface area contributed by atoms with Crippen LogP contribution in [-0.2, 0) is 0 Å². The van der Waals surface area contributed by atoms with E-state index in [0.29, 0.717) is 0 Å². The molecule has 5 heteroatoms. The van der Waals surface area contributed by atoms with Gasteiger partial charge in [0.25, 0.3) is 0 Å². The molecule has 0 spiro atoms. The normalized spacial score (nSPS) is 11.6. The van der Waals surface area contributed by atoms with Crippen molar-refractivity contribution in [1.29, 1.82) is 0 Å². The van der Waals surface area contributed by atoms with Crippen LogP contribution >= 0.6 is 0 Å². The molecule has 3 heterocycles. The molecule has 15 aromatic carbocycles. The number of benzene rings is 15. The molecule has 0 atom stereocenters. The van der Waals surface area contributed by atoms with Gasteiger partial charge in [0, 0.05) is 65.9 Å². The van der Waals surface area contributed by atoms with Crippen molar-refractivity contribution in [3.8, 4) is 61.6 Å². The predicted molar refractivity (Wildman–Crippen MR) is 401 cm³/mol. The van der Waals surface area contributed by atoms with Crippen LogP contribution in [0, 0.1) is 0 Å². The number of fused-ring (bicyclic) bond motifs is 9. The van der Waals surface area contributed by atoms with Gasteiger partial charge in [0.2, 0.25) is 0 Å². The Morgan fingerprint density at radius 3 is 0.768 bits per heavy atom. The van der Waals surface area contributed by atoms with E-state index in [0.717, 1.165) is 129 Å². The topological polar surface area (TPSA) is 21.3 Å². The van der Waals surface area contributed by atoms with Crippen molar-refractivity contribution in [1.82, 2.24) is 13.7 Å². The summed E-state index contributed by atoms with van der Waals surface area (Å²) in [4.78, 5) is 5.03. The Morgan fingerprint density at radius 2 is 0.442 bits per heavy atom. The van der Waals surface area contributed by atoms with Gasteiger partial charge in [0.15, 0.2) is 0 Å². The number of para-hydroxylation sites is 8. The van der Waals surface area contributed by atoms with Gasteiger partial charge >= 0.3 is 0 Å². The van der Waals surface area contributed by atoms with Crippen molar-refractivity contribution in [3.63, 3.8) is 0 Å². The summed E-state index contributed by atoms with van der Waals surface area (Å²) in [5.74, 6) is 0. The van der Waals surface area contributed by atoms with E-state index in [2.05, 4.69) is 394 Å². The molecule has 5 nitrogen and oxygen atoms in total. The number of anilines is 6. The number of hydrogen-bond acceptors (Lipinski definition) is 2. The Kier molecular flexibility index (Phi) is 13.5. The Labute approximate surface area is 551 Å². The molecule has 18 aromatic rings. The summed E-state index contributed by atoms with van der Waals surface area (Å²) in [6, 6.07) is 136. The van der Waals surface area contributed by atoms with E-state index in [9.17, 15) is 0 Å². The zero-order chi connectivity index (χ0) is 62.8. The van der Waals surface area contributed by atoms with Gasteiger partial charge < -0.3 is 23.5 Å². The van der Waals surface area contributed by atoms with E-state index >= 15 is 0 Å². The molecular formula is C90H61N5. The lowest BCUT2D eigenvalue weighted by Crippen LogP contribution is -2.16. The lowest BCUT2D eigenvalue weighted by Gasteiger charge is -2.33. The lowest BCUT2D eigenvalue weighted by molar-refractivity contribution is 1.15. The summed E-state index contributed by atoms with van der Waals surface area (Å²) >= 11 is 0. The Bertz CT molecular complexity index is 5460. The molecule has 0 aliphatic carbocycles. The molecule has 3 aromatic heterocycles. The van der Waals surface area contributed by atoms with Crippen LogP contribution in [0.4, 0.5) is 34.1 Å². The first-order chi connectivity index (χ1) is 47.2. The van der Waals surface area contributed by atoms with Crippen LogP contribution < -0.4 is 9.80 Å². The summed E-state index contributed by atoms with van der Waals surface area (Å²) in [6.45, 7) is 0. The minimum Gasteiger partial charge on any atom is -0.310 e. The van der Waals surface area contributed by atoms with Crippen molar-refractivity contribution < 1.29 is 0 Å². The fraction of sp³-hybridized carbons (Fsp3) is 0. The average Bonchev–Trinajstić information content (AvgIpc) is 1.70. The van der Waals surface area contributed by atoms with Crippen molar-refractivity contribution in [2.75, 3.05) is 9.80 Å². The molecule has 0 saturated carbocycles. The van der Waals surface area contributed by atoms with Crippen molar-refractivity contribution in [2.45, 2.75) is 0 Å². The number of hydrogen-bond donors (Lipinski definition) is 0. The van der Waals surface area contributed by atoms with Crippen LogP contribution in [0.25, 0.3) is 127 Å². The summed E-state index contributed by atoms with van der Waals surface area (Å²) in [5.41, 5.74) is 24.9. The highest BCUT2D eigenvalue weighted by molar-refractivity contribution is 6.12. The SMILES string of the molecule is c1ccc(-c2ccccc2N(c2cc(N(c3ccc(-c4ccccc4)c(-n4c5ccccc5c5ccccc54)c3)c3ccccc3-c3ccccc3)cc(-n3c4ccccc4c4ccccc43)c2)c2ccc(-c3ccccc3)c(-n3c4ccccc4c4ccccc43)c2)cc1. The summed E-state index contributed by atoms with van der Waals surface area (Å²) in [5, 5.41) is 7.19. The van der Waals surface area contributed by atoms with Crippen LogP contribution in [0.5, 0.6) is 0 Å². The van der Waals surface area contributed by atoms with Gasteiger partial charge in [-0.05, 0) is 113 Å². The Hall–Kier alpha value is -12.7. The van der Waals surface area contributed by atoms with Gasteiger partial charge in [0.1, 0.15) is 0 Å². The van der Waals surface area contributed by atoms with E-state index in [1.165, 1.54) is 32.3 Å². The lowest BCUT2D eigenvalue weighted by atomic mass is 9.99. The largest absolute Gasteiger partial charge is 0.310 e. The predicted octanol–water partition coefficient (Wildman–Crippen LogP) is 24.6. The summed E-state index contributed by atoms with van der Waals surface area (Å²) in [6.07, 6.45) is 0. The minimum atomic E-state index is 0.967. The second kappa shape index (κ2) is 23.2. The maximum Gasteiger partial charge on any atom is 0.0561 e. The first kappa shape index (κ1) is 55.2. The third-order valence-electron chi connectivity index (χ3n) is 19.0. The standard InChI is InChI=1S/C90H61N5/c1-5-29-62(30-6-1)71-37-13-21-45-81(71)91(66-53-55-73(64-33-9-3-10-34-64)89(60-66)94-85-49-25-17-41-77(85)78-42-18-26-50-86(78)94)68-57-69(59-70(58-68)93-83-47-23-15-39-75(83)76-40-16-24-48-84(76)93)92(82-46-22-14-38-72(82)63-31-7-2-8-32-63)67-54-56-74(65-35-11-4-12-36-65)90(61-67)95-87-51-27-19-43-79(87)80-44-20-28-52-88(80)95/h1-61H. The van der Waals surface area contributed by atoms with E-state index in [1.54, 1.807) is 0 Å². The third-order valence-corrected chi connectivity index (χ3v) is 19.0. The van der Waals surface area contributed by atoms with Gasteiger partial charge in [-0.3, -0.25) is 0 Å². The Morgan fingerprint density at radius 1 is 0.179 bits per heavy atom. The monoisotopic (exact) mass is 1210 g/mol. The molecule has 0 radical (unpaired) electrons. The fourth-order valence-corrected chi connectivity index (χ4v) is 14.9. The van der Waals surface area contributed by atoms with Crippen molar-refractivity contribution in [3.05, 3.63) is 370 Å². The Balaban J connectivity index is 0.979. The molecule has 0 amide bonds. The van der Waals surface area contributed by atoms with Crippen molar-refractivity contribution >= 4 is 99.5 Å². The number of aromatic nitrogens is 3. The molecule has 0 aliphatic rings. The van der Waals surface area contributed by atoms with Crippen LogP contribution in [0.3, 0.4) is 0 Å². The number of nitrogens with zero attached hydrogens (tertiary/aromatic N) is 5. The maximum atomic E-state index is 2.51. The third kappa shape index (κ3) is 9.39. The molecular weight excluding hydrogens is 1150 g/mol. The maximum absolute atomic E-state index is 2.51. The summed E-state index contributed by atoms with van der Waals surface area (Å²) in [7, 11) is 0. The van der Waals surface area contributed by atoms with E-state index in [1.807, 2.05) is 0 Å². The van der Waals surface area contributed by atoms with Crippen LogP contribution in [0.15, 0.2) is 370 Å². The van der Waals surface area contributed by atoms with Crippen LogP contribution in [0.1, 0.15) is 0 Å². The van der Waals surface area contributed by atoms with Gasteiger partial charge in [0.05, 0.1) is 72.9 Å². The molecule has 0 fully saturated rings. The fourth-order valence-electron chi connectivity index (χ4n) is 14.9. The molecule has 0 aliphatic heterocycles. The second-order valence-corrected chi connectivity index (χ2v) is 24.4. The van der Waals surface area contributed by atoms with Gasteiger partial charge in [-0.15, -0.1) is 0 Å². The minimum absolute atomic E-state index is 0.967. The first-order valence-corrected chi connectivity index (χ1v) is 32.6. The molecule has 446 valence electrons. The molecule has 18 rings (SSSR count). The first-order valence-electron chi connectivity index (χ1n) is 32.6. The molecule has 0 bridgehead atoms. The molecule has 95 heavy (non-hydrogen) atoms. The van der Waals surface area contributed by atoms with Gasteiger partial charge in [-0.1, -0.05) is 279 Å². The van der Waals surface area contributed by atoms with E-state index in [4.69, 9.17) is 0 Å². The summed E-state index contributed by atoms with van der Waals surface area (Å²) < 4.78 is 7.44. The van der Waals surface area contributed by atoms with Gasteiger partial charge in [-0.2, -0.15) is 0 Å². The zero-order valence-electron chi connectivity index (χ0n) is 52.0. The molecule has 0 unspecified atom stereocenters. The van der Waals surface area contributed by atoms with Crippen LogP contribution in [-0.4, -0.2) is 13.7 Å². The van der Waals surface area contributed by atoms with Crippen molar-refractivity contribution in [2.24, 2.45) is 0 Å². The highest BCUT2D eigenvalue weighted by Gasteiger charge is 2.28. The smallest absolute Gasteiger partial charge is 0.0561 e. The highest BCUT2D eigenvalue weighted by atomic mass is 15.2.